The summed E-state index contributed by atoms with van der Waals surface area (Å²) in [6.07, 6.45) is -0.840. The van der Waals surface area contributed by atoms with Crippen LogP contribution in [0, 0.1) is 0 Å². The number of ether oxygens (including phenoxy) is 4. The maximum Gasteiger partial charge on any atom is 0.334 e. The van der Waals surface area contributed by atoms with E-state index in [1.807, 2.05) is 13.8 Å². The summed E-state index contributed by atoms with van der Waals surface area (Å²) < 4.78 is 18.9. The molecule has 0 aliphatic carbocycles. The lowest BCUT2D eigenvalue weighted by Gasteiger charge is -2.09. The lowest BCUT2D eigenvalue weighted by molar-refractivity contribution is -0.171. The topological polar surface area (TPSA) is 71.1 Å². The molecule has 0 aliphatic heterocycles. The molecule has 0 bridgehead atoms. The molecule has 0 saturated heterocycles. The van der Waals surface area contributed by atoms with Crippen molar-refractivity contribution >= 4 is 11.9 Å². The van der Waals surface area contributed by atoms with Crippen molar-refractivity contribution in [3.05, 3.63) is 0 Å². The van der Waals surface area contributed by atoms with E-state index in [0.717, 1.165) is 0 Å². The van der Waals surface area contributed by atoms with Crippen LogP contribution in [0.4, 0.5) is 0 Å². The average molecular weight is 264 g/mol. The van der Waals surface area contributed by atoms with Gasteiger partial charge in [-0.05, 0) is 27.7 Å². The molecule has 0 aromatic heterocycles. The Kier molecular flexibility index (Phi) is 13.1. The summed E-state index contributed by atoms with van der Waals surface area (Å²) in [5, 5.41) is 0. The van der Waals surface area contributed by atoms with Crippen LogP contribution in [0.5, 0.6) is 0 Å². The predicted molar refractivity (Wildman–Crippen MR) is 66.0 cm³/mol. The van der Waals surface area contributed by atoms with Gasteiger partial charge in [-0.1, -0.05) is 0 Å². The highest BCUT2D eigenvalue weighted by Crippen LogP contribution is 1.92. The highest BCUT2D eigenvalue weighted by atomic mass is 16.7. The zero-order valence-corrected chi connectivity index (χ0v) is 12.0. The van der Waals surface area contributed by atoms with Crippen LogP contribution in [-0.4, -0.2) is 44.7 Å². The third-order valence-corrected chi connectivity index (χ3v) is 1.68. The van der Waals surface area contributed by atoms with Crippen LogP contribution in [0.2, 0.25) is 0 Å². The quantitative estimate of drug-likeness (QED) is 0.535. The van der Waals surface area contributed by atoms with E-state index in [9.17, 15) is 9.59 Å². The van der Waals surface area contributed by atoms with Gasteiger partial charge in [0.05, 0.1) is 7.11 Å². The zero-order valence-electron chi connectivity index (χ0n) is 12.0. The monoisotopic (exact) mass is 264 g/mol. The first-order chi connectivity index (χ1) is 8.38. The summed E-state index contributed by atoms with van der Waals surface area (Å²) in [5.41, 5.74) is 0. The van der Waals surface area contributed by atoms with Crippen LogP contribution >= 0.6 is 0 Å². The molecule has 0 amide bonds. The average Bonchev–Trinajstić information content (AvgIpc) is 2.28. The molecule has 18 heavy (non-hydrogen) atoms. The number of carbonyl (C=O) groups excluding carboxylic acids is 2. The van der Waals surface area contributed by atoms with Gasteiger partial charge in [0, 0.05) is 20.1 Å². The van der Waals surface area contributed by atoms with Gasteiger partial charge < -0.3 is 18.9 Å². The van der Waals surface area contributed by atoms with E-state index in [1.54, 1.807) is 13.8 Å². The Hall–Kier alpha value is -1.14. The Morgan fingerprint density at radius 1 is 1.06 bits per heavy atom. The summed E-state index contributed by atoms with van der Waals surface area (Å²) in [7, 11) is 1.35. The molecule has 6 heteroatoms. The molecule has 0 aromatic rings. The molecule has 0 N–H and O–H groups in total. The lowest BCUT2D eigenvalue weighted by atomic mass is 10.4. The van der Waals surface area contributed by atoms with Crippen molar-refractivity contribution in [1.82, 2.24) is 0 Å². The zero-order chi connectivity index (χ0) is 14.6. The van der Waals surface area contributed by atoms with Gasteiger partial charge in [-0.25, -0.2) is 4.79 Å². The molecule has 0 aliphatic rings. The summed E-state index contributed by atoms with van der Waals surface area (Å²) in [5.74, 6) is -0.632. The van der Waals surface area contributed by atoms with Gasteiger partial charge in [-0.2, -0.15) is 0 Å². The van der Waals surface area contributed by atoms with Gasteiger partial charge in [-0.15, -0.1) is 0 Å². The second kappa shape index (κ2) is 12.3. The third kappa shape index (κ3) is 12.9. The maximum absolute atomic E-state index is 10.6. The summed E-state index contributed by atoms with van der Waals surface area (Å²) in [4.78, 5) is 20.8. The molecule has 0 rings (SSSR count). The minimum Gasteiger partial charge on any atom is -0.467 e. The number of methoxy groups -OCH3 is 1. The Balaban J connectivity index is 0. The van der Waals surface area contributed by atoms with E-state index < -0.39 is 12.4 Å². The van der Waals surface area contributed by atoms with Gasteiger partial charge in [0.1, 0.15) is 0 Å². The first-order valence-electron chi connectivity index (χ1n) is 5.87. The van der Waals surface area contributed by atoms with Crippen LogP contribution < -0.4 is 0 Å². The normalized spacial score (nSPS) is 12.8. The molecule has 2 unspecified atom stereocenters. The third-order valence-electron chi connectivity index (χ3n) is 1.68. The minimum absolute atomic E-state index is 0.309. The van der Waals surface area contributed by atoms with Gasteiger partial charge in [0.2, 0.25) is 0 Å². The van der Waals surface area contributed by atoms with Crippen molar-refractivity contribution in [2.45, 2.75) is 47.0 Å². The van der Waals surface area contributed by atoms with Gasteiger partial charge in [0.15, 0.2) is 12.4 Å². The molecule has 0 spiro atoms. The fourth-order valence-electron chi connectivity index (χ4n) is 0.986. The smallest absolute Gasteiger partial charge is 0.334 e. The molecule has 0 fully saturated rings. The summed E-state index contributed by atoms with van der Waals surface area (Å²) >= 11 is 0. The Morgan fingerprint density at radius 2 is 1.56 bits per heavy atom. The van der Waals surface area contributed by atoms with E-state index in [2.05, 4.69) is 9.47 Å². The molecule has 6 nitrogen and oxygen atoms in total. The number of carbonyl (C=O) groups is 2. The first-order valence-corrected chi connectivity index (χ1v) is 5.87. The molecule has 0 heterocycles. The standard InChI is InChI=1S/2C6H12O3/c1-4-9-5(2)6(7)8-3;1-4-8-6(3)9-5(2)7/h5H,4H2,1-3H3;6H,4H2,1-3H3. The second-order valence-corrected chi connectivity index (χ2v) is 3.25. The highest BCUT2D eigenvalue weighted by Gasteiger charge is 2.10. The van der Waals surface area contributed by atoms with E-state index in [1.165, 1.54) is 14.0 Å². The van der Waals surface area contributed by atoms with Crippen molar-refractivity contribution < 1.29 is 28.5 Å². The van der Waals surface area contributed by atoms with Crippen molar-refractivity contribution in [3.63, 3.8) is 0 Å². The Morgan fingerprint density at radius 3 is 1.89 bits per heavy atom. The van der Waals surface area contributed by atoms with Gasteiger partial charge in [0.25, 0.3) is 0 Å². The van der Waals surface area contributed by atoms with Crippen LogP contribution in [0.25, 0.3) is 0 Å². The number of hydrogen-bond acceptors (Lipinski definition) is 6. The lowest BCUT2D eigenvalue weighted by Crippen LogP contribution is -2.21. The number of esters is 2. The first kappa shape index (κ1) is 19.2. The van der Waals surface area contributed by atoms with Gasteiger partial charge in [-0.3, -0.25) is 4.79 Å². The number of hydrogen-bond donors (Lipinski definition) is 0. The molecular formula is C12H24O6. The van der Waals surface area contributed by atoms with E-state index in [0.29, 0.717) is 13.2 Å². The molecule has 108 valence electrons. The molecule has 2 atom stereocenters. The summed E-state index contributed by atoms with van der Waals surface area (Å²) in [6, 6.07) is 0. The predicted octanol–water partition coefficient (Wildman–Crippen LogP) is 1.52. The minimum atomic E-state index is -0.431. The number of rotatable bonds is 6. The Labute approximate surface area is 109 Å². The van der Waals surface area contributed by atoms with Crippen LogP contribution in [0.3, 0.4) is 0 Å². The van der Waals surface area contributed by atoms with Crippen LogP contribution in [0.15, 0.2) is 0 Å². The van der Waals surface area contributed by atoms with Crippen molar-refractivity contribution in [3.8, 4) is 0 Å². The van der Waals surface area contributed by atoms with Crippen LogP contribution in [-0.2, 0) is 28.5 Å². The van der Waals surface area contributed by atoms with Crippen LogP contribution in [0.1, 0.15) is 34.6 Å². The molecular weight excluding hydrogens is 240 g/mol. The Bertz CT molecular complexity index is 229. The van der Waals surface area contributed by atoms with Crippen molar-refractivity contribution in [2.24, 2.45) is 0 Å². The second-order valence-electron chi connectivity index (χ2n) is 3.25. The molecule has 0 radical (unpaired) electrons. The fraction of sp³-hybridized carbons (Fsp3) is 0.833. The van der Waals surface area contributed by atoms with E-state index in [-0.39, 0.29) is 11.9 Å². The van der Waals surface area contributed by atoms with Crippen molar-refractivity contribution in [2.75, 3.05) is 20.3 Å². The maximum atomic E-state index is 10.6. The molecule has 0 saturated carbocycles. The van der Waals surface area contributed by atoms with E-state index >= 15 is 0 Å². The SMILES string of the molecule is CCOC(C)C(=O)OC.CCOC(C)OC(C)=O. The summed E-state index contributed by atoms with van der Waals surface area (Å²) in [6.45, 7) is 9.49. The molecule has 0 aromatic carbocycles. The fourth-order valence-corrected chi connectivity index (χ4v) is 0.986. The van der Waals surface area contributed by atoms with Crippen molar-refractivity contribution in [1.29, 1.82) is 0 Å². The highest BCUT2D eigenvalue weighted by molar-refractivity contribution is 5.73. The van der Waals surface area contributed by atoms with Gasteiger partial charge >= 0.3 is 11.9 Å². The van der Waals surface area contributed by atoms with E-state index in [4.69, 9.17) is 9.47 Å². The largest absolute Gasteiger partial charge is 0.467 e.